The molecule has 0 atom stereocenters. The zero-order chi connectivity index (χ0) is 22.4. The highest BCUT2D eigenvalue weighted by Gasteiger charge is 2.22. The minimum atomic E-state index is -0.460. The number of carbonyl (C=O) groups is 2. The summed E-state index contributed by atoms with van der Waals surface area (Å²) in [7, 11) is 0. The van der Waals surface area contributed by atoms with Gasteiger partial charge in [0.25, 0.3) is 5.91 Å². The highest BCUT2D eigenvalue weighted by Crippen LogP contribution is 2.36. The maximum absolute atomic E-state index is 12.6. The summed E-state index contributed by atoms with van der Waals surface area (Å²) in [6.45, 7) is 8.17. The van der Waals surface area contributed by atoms with E-state index in [0.717, 1.165) is 16.7 Å². The van der Waals surface area contributed by atoms with Crippen molar-refractivity contribution in [3.8, 4) is 16.9 Å². The fraction of sp³-hybridized carbons (Fsp3) is 0.280. The van der Waals surface area contributed by atoms with Gasteiger partial charge in [-0.1, -0.05) is 50.2 Å². The Labute approximate surface area is 187 Å². The molecule has 3 aromatic rings. The van der Waals surface area contributed by atoms with Crippen LogP contribution in [-0.4, -0.2) is 25.1 Å². The van der Waals surface area contributed by atoms with Gasteiger partial charge in [0.15, 0.2) is 6.61 Å². The van der Waals surface area contributed by atoms with Gasteiger partial charge in [0.05, 0.1) is 6.61 Å². The largest absolute Gasteiger partial charge is 0.484 e. The smallest absolute Gasteiger partial charge is 0.341 e. The van der Waals surface area contributed by atoms with Crippen LogP contribution in [0.15, 0.2) is 53.9 Å². The van der Waals surface area contributed by atoms with Gasteiger partial charge in [0, 0.05) is 10.9 Å². The Kier molecular flexibility index (Phi) is 7.47. The number of carbonyl (C=O) groups excluding carboxylic acids is 2. The van der Waals surface area contributed by atoms with Crippen LogP contribution in [-0.2, 0) is 9.53 Å². The summed E-state index contributed by atoms with van der Waals surface area (Å²) in [6.07, 6.45) is 0. The van der Waals surface area contributed by atoms with E-state index in [9.17, 15) is 9.59 Å². The van der Waals surface area contributed by atoms with Crippen LogP contribution in [0.4, 0.5) is 5.00 Å². The standard InChI is InChI=1S/C25H27NO4S/c1-5-29-25(28)23-21(18-9-7-6-8-10-18)15-31-24(23)26-22(27)14-30-19-11-12-20(16(2)3)17(4)13-19/h6-13,15-16H,5,14H2,1-4H3,(H,26,27). The van der Waals surface area contributed by atoms with Gasteiger partial charge in [-0.3, -0.25) is 4.79 Å². The zero-order valence-electron chi connectivity index (χ0n) is 18.2. The van der Waals surface area contributed by atoms with Gasteiger partial charge >= 0.3 is 5.97 Å². The second kappa shape index (κ2) is 10.3. The Bertz CT molecular complexity index is 1060. The Morgan fingerprint density at radius 2 is 1.84 bits per heavy atom. The first-order valence-electron chi connectivity index (χ1n) is 10.3. The van der Waals surface area contributed by atoms with Crippen LogP contribution in [0, 0.1) is 6.92 Å². The first kappa shape index (κ1) is 22.6. The lowest BCUT2D eigenvalue weighted by Crippen LogP contribution is -2.21. The predicted octanol–water partition coefficient (Wildman–Crippen LogP) is 6.04. The van der Waals surface area contributed by atoms with E-state index < -0.39 is 5.97 Å². The van der Waals surface area contributed by atoms with E-state index in [1.54, 1.807) is 6.92 Å². The topological polar surface area (TPSA) is 64.6 Å². The lowest BCUT2D eigenvalue weighted by Gasteiger charge is -2.13. The van der Waals surface area contributed by atoms with Crippen molar-refractivity contribution in [3.05, 3.63) is 70.6 Å². The van der Waals surface area contributed by atoms with Crippen LogP contribution < -0.4 is 10.1 Å². The lowest BCUT2D eigenvalue weighted by molar-refractivity contribution is -0.118. The van der Waals surface area contributed by atoms with Gasteiger partial charge in [-0.2, -0.15) is 0 Å². The molecule has 0 fully saturated rings. The summed E-state index contributed by atoms with van der Waals surface area (Å²) in [5, 5.41) is 5.12. The number of amides is 1. The average molecular weight is 438 g/mol. The maximum Gasteiger partial charge on any atom is 0.341 e. The SMILES string of the molecule is CCOC(=O)c1c(-c2ccccc2)csc1NC(=O)COc1ccc(C(C)C)c(C)c1. The Hall–Kier alpha value is -3.12. The number of anilines is 1. The highest BCUT2D eigenvalue weighted by molar-refractivity contribution is 7.15. The number of hydrogen-bond donors (Lipinski definition) is 1. The Morgan fingerprint density at radius 3 is 2.48 bits per heavy atom. The van der Waals surface area contributed by atoms with Crippen molar-refractivity contribution in [1.82, 2.24) is 0 Å². The van der Waals surface area contributed by atoms with E-state index >= 15 is 0 Å². The van der Waals surface area contributed by atoms with Gasteiger partial charge in [0.1, 0.15) is 16.3 Å². The number of esters is 1. The summed E-state index contributed by atoms with van der Waals surface area (Å²) >= 11 is 1.29. The molecule has 6 heteroatoms. The van der Waals surface area contributed by atoms with Gasteiger partial charge < -0.3 is 14.8 Å². The minimum absolute atomic E-state index is 0.151. The first-order valence-corrected chi connectivity index (χ1v) is 11.2. The van der Waals surface area contributed by atoms with Gasteiger partial charge in [-0.15, -0.1) is 11.3 Å². The number of benzene rings is 2. The molecule has 3 rings (SSSR count). The molecule has 1 heterocycles. The maximum atomic E-state index is 12.6. The number of thiophene rings is 1. The predicted molar refractivity (Wildman–Crippen MR) is 125 cm³/mol. The normalized spacial score (nSPS) is 10.7. The van der Waals surface area contributed by atoms with Crippen molar-refractivity contribution in [3.63, 3.8) is 0 Å². The van der Waals surface area contributed by atoms with Crippen molar-refractivity contribution < 1.29 is 19.1 Å². The van der Waals surface area contributed by atoms with Gasteiger partial charge in [-0.25, -0.2) is 4.79 Å². The van der Waals surface area contributed by atoms with Crippen molar-refractivity contribution in [2.24, 2.45) is 0 Å². The third kappa shape index (κ3) is 5.52. The molecule has 0 saturated heterocycles. The zero-order valence-corrected chi connectivity index (χ0v) is 19.0. The molecule has 2 aromatic carbocycles. The Morgan fingerprint density at radius 1 is 1.10 bits per heavy atom. The first-order chi connectivity index (χ1) is 14.9. The number of nitrogens with one attached hydrogen (secondary N) is 1. The summed E-state index contributed by atoms with van der Waals surface area (Å²) in [5.74, 6) is 0.270. The lowest BCUT2D eigenvalue weighted by atomic mass is 9.98. The van der Waals surface area contributed by atoms with E-state index in [-0.39, 0.29) is 19.1 Å². The van der Waals surface area contributed by atoms with Crippen molar-refractivity contribution in [2.45, 2.75) is 33.6 Å². The number of hydrogen-bond acceptors (Lipinski definition) is 5. The molecule has 0 unspecified atom stereocenters. The molecule has 1 aromatic heterocycles. The summed E-state index contributed by atoms with van der Waals surface area (Å²) in [6, 6.07) is 15.4. The van der Waals surface area contributed by atoms with Crippen LogP contribution in [0.1, 0.15) is 48.2 Å². The molecular weight excluding hydrogens is 410 g/mol. The van der Waals surface area contributed by atoms with Crippen LogP contribution in [0.5, 0.6) is 5.75 Å². The third-order valence-electron chi connectivity index (χ3n) is 4.84. The van der Waals surface area contributed by atoms with Crippen LogP contribution >= 0.6 is 11.3 Å². The molecule has 1 N–H and O–H groups in total. The molecule has 0 aliphatic carbocycles. The molecule has 0 spiro atoms. The molecular formula is C25H27NO4S. The van der Waals surface area contributed by atoms with Crippen molar-refractivity contribution in [1.29, 1.82) is 0 Å². The molecule has 0 aliphatic rings. The molecule has 0 aliphatic heterocycles. The van der Waals surface area contributed by atoms with E-state index in [4.69, 9.17) is 9.47 Å². The van der Waals surface area contributed by atoms with E-state index in [2.05, 4.69) is 19.2 Å². The van der Waals surface area contributed by atoms with Crippen LogP contribution in [0.3, 0.4) is 0 Å². The Balaban J connectivity index is 1.74. The van der Waals surface area contributed by atoms with Gasteiger partial charge in [0.2, 0.25) is 0 Å². The van der Waals surface area contributed by atoms with Crippen molar-refractivity contribution in [2.75, 3.05) is 18.5 Å². The molecule has 5 nitrogen and oxygen atoms in total. The van der Waals surface area contributed by atoms with Crippen molar-refractivity contribution >= 4 is 28.2 Å². The molecule has 0 bridgehead atoms. The molecule has 1 amide bonds. The van der Waals surface area contributed by atoms with Gasteiger partial charge in [-0.05, 0) is 48.6 Å². The molecule has 0 radical (unpaired) electrons. The van der Waals surface area contributed by atoms with Crippen LogP contribution in [0.2, 0.25) is 0 Å². The molecule has 162 valence electrons. The molecule has 0 saturated carbocycles. The minimum Gasteiger partial charge on any atom is -0.484 e. The average Bonchev–Trinajstić information content (AvgIpc) is 3.16. The third-order valence-corrected chi connectivity index (χ3v) is 5.74. The van der Waals surface area contributed by atoms with E-state index in [1.807, 2.05) is 60.8 Å². The summed E-state index contributed by atoms with van der Waals surface area (Å²) in [5.41, 5.74) is 4.37. The van der Waals surface area contributed by atoms with Crippen LogP contribution in [0.25, 0.3) is 11.1 Å². The number of aryl methyl sites for hydroxylation is 1. The number of rotatable bonds is 8. The molecule has 31 heavy (non-hydrogen) atoms. The van der Waals surface area contributed by atoms with E-state index in [1.165, 1.54) is 16.9 Å². The quantitative estimate of drug-likeness (QED) is 0.436. The summed E-state index contributed by atoms with van der Waals surface area (Å²) < 4.78 is 10.9. The monoisotopic (exact) mass is 437 g/mol. The second-order valence-corrected chi connectivity index (χ2v) is 8.33. The van der Waals surface area contributed by atoms with E-state index in [0.29, 0.717) is 22.2 Å². The fourth-order valence-corrected chi connectivity index (χ4v) is 4.36. The summed E-state index contributed by atoms with van der Waals surface area (Å²) in [4.78, 5) is 25.2. The second-order valence-electron chi connectivity index (χ2n) is 7.45. The highest BCUT2D eigenvalue weighted by atomic mass is 32.1. The fourth-order valence-electron chi connectivity index (χ4n) is 3.38. The number of ether oxygens (including phenoxy) is 2.